The fraction of sp³-hybridized carbons (Fsp3) is 0.500. The molecule has 2 aromatic heterocycles. The molecule has 1 N–H and O–H groups in total. The minimum Gasteiger partial charge on any atom is -0.338 e. The molecule has 6 heteroatoms. The van der Waals surface area contributed by atoms with Gasteiger partial charge in [-0.1, -0.05) is 12.1 Å². The summed E-state index contributed by atoms with van der Waals surface area (Å²) < 4.78 is 5.04. The summed E-state index contributed by atoms with van der Waals surface area (Å²) in [5, 5.41) is 10.2. The van der Waals surface area contributed by atoms with Gasteiger partial charge in [-0.15, -0.1) is 11.3 Å². The summed E-state index contributed by atoms with van der Waals surface area (Å²) in [6.45, 7) is 4.52. The second-order valence-corrected chi connectivity index (χ2v) is 4.37. The minimum absolute atomic E-state index is 0.257. The van der Waals surface area contributed by atoms with Crippen LogP contribution in [0, 0.1) is 6.92 Å². The van der Waals surface area contributed by atoms with Gasteiger partial charge in [0.25, 0.3) is 0 Å². The molecule has 2 aromatic rings. The van der Waals surface area contributed by atoms with E-state index < -0.39 is 0 Å². The smallest absolute Gasteiger partial charge is 0.240 e. The van der Waals surface area contributed by atoms with Crippen molar-refractivity contribution in [2.75, 3.05) is 0 Å². The van der Waals surface area contributed by atoms with Crippen molar-refractivity contribution < 1.29 is 4.52 Å². The van der Waals surface area contributed by atoms with E-state index in [1.165, 1.54) is 0 Å². The number of hydrogen-bond acceptors (Lipinski definition) is 6. The first kappa shape index (κ1) is 11.2. The van der Waals surface area contributed by atoms with Gasteiger partial charge in [0.1, 0.15) is 5.01 Å². The van der Waals surface area contributed by atoms with Gasteiger partial charge in [0, 0.05) is 11.6 Å². The van der Waals surface area contributed by atoms with E-state index in [2.05, 4.69) is 27.4 Å². The normalized spacial score (nSPS) is 12.9. The zero-order chi connectivity index (χ0) is 11.4. The first-order valence-electron chi connectivity index (χ1n) is 5.21. The van der Waals surface area contributed by atoms with E-state index in [1.807, 2.05) is 18.5 Å². The topological polar surface area (TPSA) is 63.8 Å². The summed E-state index contributed by atoms with van der Waals surface area (Å²) in [4.78, 5) is 8.44. The van der Waals surface area contributed by atoms with E-state index in [0.717, 1.165) is 11.4 Å². The lowest BCUT2D eigenvalue weighted by Crippen LogP contribution is -2.20. The molecular weight excluding hydrogens is 224 g/mol. The van der Waals surface area contributed by atoms with Gasteiger partial charge >= 0.3 is 0 Å². The molecular formula is C10H14N4OS. The second-order valence-electron chi connectivity index (χ2n) is 3.45. The lowest BCUT2D eigenvalue weighted by Gasteiger charge is -2.12. The first-order chi connectivity index (χ1) is 7.79. The molecule has 1 atom stereocenters. The number of hydrogen-bond donors (Lipinski definition) is 1. The van der Waals surface area contributed by atoms with E-state index in [9.17, 15) is 0 Å². The van der Waals surface area contributed by atoms with E-state index in [1.54, 1.807) is 11.3 Å². The maximum Gasteiger partial charge on any atom is 0.240 e. The number of aromatic nitrogens is 3. The summed E-state index contributed by atoms with van der Waals surface area (Å²) >= 11 is 1.66. The van der Waals surface area contributed by atoms with Crippen LogP contribution in [0.25, 0.3) is 0 Å². The Kier molecular flexibility index (Phi) is 3.63. The van der Waals surface area contributed by atoms with E-state index >= 15 is 0 Å². The van der Waals surface area contributed by atoms with Crippen molar-refractivity contribution in [2.45, 2.75) is 32.9 Å². The third kappa shape index (κ3) is 2.65. The molecule has 0 amide bonds. The molecule has 5 nitrogen and oxygen atoms in total. The highest BCUT2D eigenvalue weighted by atomic mass is 32.1. The average molecular weight is 238 g/mol. The molecule has 0 aliphatic rings. The third-order valence-electron chi connectivity index (χ3n) is 2.23. The van der Waals surface area contributed by atoms with Crippen molar-refractivity contribution in [1.29, 1.82) is 0 Å². The predicted octanol–water partition coefficient (Wildman–Crippen LogP) is 2.08. The molecule has 0 aliphatic heterocycles. The van der Waals surface area contributed by atoms with Gasteiger partial charge in [-0.05, 0) is 13.3 Å². The fourth-order valence-electron chi connectivity index (χ4n) is 1.44. The Balaban J connectivity index is 1.93. The Bertz CT molecular complexity index is 426. The first-order valence-corrected chi connectivity index (χ1v) is 6.09. The largest absolute Gasteiger partial charge is 0.338 e. The van der Waals surface area contributed by atoms with Gasteiger partial charge < -0.3 is 4.52 Å². The van der Waals surface area contributed by atoms with Gasteiger partial charge in [0.05, 0.1) is 12.6 Å². The van der Waals surface area contributed by atoms with E-state index in [-0.39, 0.29) is 6.04 Å². The highest BCUT2D eigenvalue weighted by Gasteiger charge is 2.12. The van der Waals surface area contributed by atoms with Gasteiger partial charge in [0.15, 0.2) is 5.82 Å². The number of thiazole rings is 1. The molecule has 86 valence electrons. The number of rotatable bonds is 5. The average Bonchev–Trinajstić information content (AvgIpc) is 2.91. The number of nitrogens with zero attached hydrogens (tertiary/aromatic N) is 3. The minimum atomic E-state index is 0.257. The predicted molar refractivity (Wildman–Crippen MR) is 61.0 cm³/mol. The zero-order valence-electron chi connectivity index (χ0n) is 9.30. The van der Waals surface area contributed by atoms with Crippen molar-refractivity contribution >= 4 is 11.3 Å². The molecule has 16 heavy (non-hydrogen) atoms. The summed E-state index contributed by atoms with van der Waals surface area (Å²) in [6.07, 6.45) is 2.81. The maximum atomic E-state index is 5.04. The highest BCUT2D eigenvalue weighted by molar-refractivity contribution is 7.09. The summed E-state index contributed by atoms with van der Waals surface area (Å²) in [7, 11) is 0. The van der Waals surface area contributed by atoms with Crippen molar-refractivity contribution in [3.05, 3.63) is 28.3 Å². The standard InChI is InChI=1S/C10H14N4OS/c1-3-8(10-11-4-5-16-10)12-6-9-13-7(2)14-15-9/h4-5,8,12H,3,6H2,1-2H3. The highest BCUT2D eigenvalue weighted by Crippen LogP contribution is 2.18. The van der Waals surface area contributed by atoms with Gasteiger partial charge in [-0.3, -0.25) is 5.32 Å². The SMILES string of the molecule is CCC(NCc1nc(C)no1)c1nccs1. The van der Waals surface area contributed by atoms with Crippen LogP contribution in [0.5, 0.6) is 0 Å². The molecule has 0 fully saturated rings. The quantitative estimate of drug-likeness (QED) is 0.864. The van der Waals surface area contributed by atoms with Crippen molar-refractivity contribution in [1.82, 2.24) is 20.4 Å². The molecule has 0 aromatic carbocycles. The Labute approximate surface area is 97.9 Å². The third-order valence-corrected chi connectivity index (χ3v) is 3.12. The van der Waals surface area contributed by atoms with Crippen LogP contribution in [-0.4, -0.2) is 15.1 Å². The van der Waals surface area contributed by atoms with Crippen molar-refractivity contribution in [3.8, 4) is 0 Å². The molecule has 1 unspecified atom stereocenters. The molecule has 0 saturated carbocycles. The number of nitrogens with one attached hydrogen (secondary N) is 1. The Morgan fingerprint density at radius 1 is 1.56 bits per heavy atom. The van der Waals surface area contributed by atoms with Crippen LogP contribution in [0.15, 0.2) is 16.1 Å². The van der Waals surface area contributed by atoms with Crippen LogP contribution in [-0.2, 0) is 6.54 Å². The van der Waals surface area contributed by atoms with Crippen LogP contribution in [0.4, 0.5) is 0 Å². The molecule has 2 rings (SSSR count). The molecule has 0 bridgehead atoms. The van der Waals surface area contributed by atoms with Crippen LogP contribution >= 0.6 is 11.3 Å². The van der Waals surface area contributed by atoms with E-state index in [4.69, 9.17) is 4.52 Å². The lowest BCUT2D eigenvalue weighted by atomic mass is 10.2. The maximum absolute atomic E-state index is 5.04. The summed E-state index contributed by atoms with van der Waals surface area (Å²) in [5.74, 6) is 1.28. The summed E-state index contributed by atoms with van der Waals surface area (Å²) in [5.41, 5.74) is 0. The van der Waals surface area contributed by atoms with Gasteiger partial charge in [0.2, 0.25) is 5.89 Å². The number of aryl methyl sites for hydroxylation is 1. The van der Waals surface area contributed by atoms with E-state index in [0.29, 0.717) is 18.3 Å². The Morgan fingerprint density at radius 3 is 3.00 bits per heavy atom. The molecule has 0 aliphatic carbocycles. The molecule has 2 heterocycles. The van der Waals surface area contributed by atoms with Crippen molar-refractivity contribution in [3.63, 3.8) is 0 Å². The molecule has 0 saturated heterocycles. The van der Waals surface area contributed by atoms with Gasteiger partial charge in [-0.25, -0.2) is 4.98 Å². The van der Waals surface area contributed by atoms with Crippen LogP contribution in [0.1, 0.15) is 36.1 Å². The molecule has 0 spiro atoms. The van der Waals surface area contributed by atoms with Crippen LogP contribution < -0.4 is 5.32 Å². The molecule has 0 radical (unpaired) electrons. The van der Waals surface area contributed by atoms with Crippen molar-refractivity contribution in [2.24, 2.45) is 0 Å². The van der Waals surface area contributed by atoms with Gasteiger partial charge in [-0.2, -0.15) is 4.98 Å². The fourth-order valence-corrected chi connectivity index (χ4v) is 2.23. The lowest BCUT2D eigenvalue weighted by molar-refractivity contribution is 0.353. The van der Waals surface area contributed by atoms with Crippen LogP contribution in [0.3, 0.4) is 0 Å². The Morgan fingerprint density at radius 2 is 2.44 bits per heavy atom. The van der Waals surface area contributed by atoms with Crippen LogP contribution in [0.2, 0.25) is 0 Å². The second kappa shape index (κ2) is 5.18. The zero-order valence-corrected chi connectivity index (χ0v) is 10.1. The Hall–Kier alpha value is -1.27. The monoisotopic (exact) mass is 238 g/mol. The summed E-state index contributed by atoms with van der Waals surface area (Å²) in [6, 6.07) is 0.257.